The second-order valence-electron chi connectivity index (χ2n) is 5.35. The van der Waals surface area contributed by atoms with Gasteiger partial charge in [0.25, 0.3) is 0 Å². The molecule has 0 atom stereocenters. The van der Waals surface area contributed by atoms with Crippen LogP contribution in [0.5, 0.6) is 0 Å². The molecule has 0 aliphatic carbocycles. The van der Waals surface area contributed by atoms with Gasteiger partial charge < -0.3 is 10.8 Å². The van der Waals surface area contributed by atoms with E-state index in [1.165, 1.54) is 11.3 Å². The largest absolute Gasteiger partial charge is 0.390 e. The number of nitrogens with two attached hydrogens (primary N) is 1. The molecule has 1 aliphatic heterocycles. The Morgan fingerprint density at radius 2 is 2.29 bits per heavy atom. The minimum atomic E-state index is -0.00178. The Morgan fingerprint density at radius 1 is 1.43 bits per heavy atom. The van der Waals surface area contributed by atoms with E-state index in [4.69, 9.17) is 5.73 Å². The number of anilines is 1. The van der Waals surface area contributed by atoms with Crippen molar-refractivity contribution < 1.29 is 5.11 Å². The molecule has 0 radical (unpaired) electrons. The van der Waals surface area contributed by atoms with Crippen LogP contribution >= 0.6 is 0 Å². The van der Waals surface area contributed by atoms with Crippen LogP contribution in [0, 0.1) is 0 Å². The third-order valence-corrected chi connectivity index (χ3v) is 4.07. The van der Waals surface area contributed by atoms with Crippen LogP contribution in [-0.4, -0.2) is 31.3 Å². The van der Waals surface area contributed by atoms with Crippen LogP contribution in [0.2, 0.25) is 0 Å². The number of nitrogen functional groups attached to an aromatic ring is 1. The van der Waals surface area contributed by atoms with Crippen molar-refractivity contribution in [2.45, 2.75) is 39.6 Å². The third-order valence-electron chi connectivity index (χ3n) is 4.07. The van der Waals surface area contributed by atoms with Crippen molar-refractivity contribution in [1.82, 2.24) is 19.7 Å². The van der Waals surface area contributed by atoms with Crippen LogP contribution in [0.15, 0.2) is 18.3 Å². The molecule has 0 unspecified atom stereocenters. The van der Waals surface area contributed by atoms with Gasteiger partial charge in [0, 0.05) is 55.6 Å². The predicted octanol–water partition coefficient (Wildman–Crippen LogP) is 0.931. The quantitative estimate of drug-likeness (QED) is 0.874. The lowest BCUT2D eigenvalue weighted by Crippen LogP contribution is -2.31. The molecule has 2 aromatic heterocycles. The normalized spacial score (nSPS) is 15.1. The van der Waals surface area contributed by atoms with E-state index in [1.54, 1.807) is 6.20 Å². The molecule has 6 heteroatoms. The molecule has 112 valence electrons. The Labute approximate surface area is 124 Å². The standard InChI is InChI=1S/C15H21N5O/c1-2-20-14-5-7-19(9-12(14)13(10-21)18-20)8-11-4-3-6-17-15(11)16/h3-4,6,21H,2,5,7-10H2,1H3,(H2,16,17). The van der Waals surface area contributed by atoms with Crippen LogP contribution in [0.3, 0.4) is 0 Å². The van der Waals surface area contributed by atoms with Crippen molar-refractivity contribution in [2.75, 3.05) is 12.3 Å². The smallest absolute Gasteiger partial charge is 0.127 e. The van der Waals surface area contributed by atoms with Crippen molar-refractivity contribution in [2.24, 2.45) is 0 Å². The Morgan fingerprint density at radius 3 is 3.00 bits per heavy atom. The summed E-state index contributed by atoms with van der Waals surface area (Å²) in [5, 5.41) is 14.0. The highest BCUT2D eigenvalue weighted by atomic mass is 16.3. The molecule has 0 spiro atoms. The number of pyridine rings is 1. The zero-order valence-corrected chi connectivity index (χ0v) is 12.3. The predicted molar refractivity (Wildman–Crippen MR) is 80.3 cm³/mol. The van der Waals surface area contributed by atoms with E-state index in [0.29, 0.717) is 5.82 Å². The minimum Gasteiger partial charge on any atom is -0.390 e. The molecule has 3 N–H and O–H groups in total. The highest BCUT2D eigenvalue weighted by Gasteiger charge is 2.24. The minimum absolute atomic E-state index is 0.00178. The van der Waals surface area contributed by atoms with Gasteiger partial charge in [-0.1, -0.05) is 6.07 Å². The summed E-state index contributed by atoms with van der Waals surface area (Å²) in [4.78, 5) is 6.46. The maximum absolute atomic E-state index is 9.50. The number of rotatable bonds is 4. The number of aliphatic hydroxyl groups excluding tert-OH is 1. The van der Waals surface area contributed by atoms with Gasteiger partial charge in [-0.3, -0.25) is 9.58 Å². The van der Waals surface area contributed by atoms with E-state index in [9.17, 15) is 5.11 Å². The molecule has 0 bridgehead atoms. The zero-order chi connectivity index (χ0) is 14.8. The monoisotopic (exact) mass is 287 g/mol. The molecular weight excluding hydrogens is 266 g/mol. The topological polar surface area (TPSA) is 80.2 Å². The van der Waals surface area contributed by atoms with Crippen LogP contribution in [-0.2, 0) is 32.7 Å². The van der Waals surface area contributed by atoms with Gasteiger partial charge in [-0.05, 0) is 13.0 Å². The molecule has 0 fully saturated rings. The summed E-state index contributed by atoms with van der Waals surface area (Å²) in [5.41, 5.74) is 10.2. The molecule has 3 heterocycles. The lowest BCUT2D eigenvalue weighted by Gasteiger charge is -2.28. The number of aliphatic hydroxyl groups is 1. The van der Waals surface area contributed by atoms with Crippen LogP contribution in [0.4, 0.5) is 5.82 Å². The van der Waals surface area contributed by atoms with Crippen molar-refractivity contribution in [1.29, 1.82) is 0 Å². The summed E-state index contributed by atoms with van der Waals surface area (Å²) in [6, 6.07) is 3.93. The van der Waals surface area contributed by atoms with Gasteiger partial charge in [0.05, 0.1) is 12.3 Å². The molecule has 3 rings (SSSR count). The summed E-state index contributed by atoms with van der Waals surface area (Å²) < 4.78 is 2.01. The first-order valence-electron chi connectivity index (χ1n) is 7.33. The van der Waals surface area contributed by atoms with Crippen LogP contribution in [0.25, 0.3) is 0 Å². The molecule has 2 aromatic rings. The number of hydrogen-bond acceptors (Lipinski definition) is 5. The first kappa shape index (κ1) is 14.0. The number of nitrogens with zero attached hydrogens (tertiary/aromatic N) is 4. The average Bonchev–Trinajstić information content (AvgIpc) is 2.87. The van der Waals surface area contributed by atoms with Gasteiger partial charge in [-0.2, -0.15) is 5.10 Å². The third kappa shape index (κ3) is 2.64. The molecular formula is C15H21N5O. The lowest BCUT2D eigenvalue weighted by molar-refractivity contribution is 0.236. The van der Waals surface area contributed by atoms with Crippen molar-refractivity contribution in [3.05, 3.63) is 40.8 Å². The van der Waals surface area contributed by atoms with Gasteiger partial charge in [0.1, 0.15) is 5.82 Å². The summed E-state index contributed by atoms with van der Waals surface area (Å²) in [5.74, 6) is 0.593. The van der Waals surface area contributed by atoms with Crippen molar-refractivity contribution >= 4 is 5.82 Å². The summed E-state index contributed by atoms with van der Waals surface area (Å²) >= 11 is 0. The summed E-state index contributed by atoms with van der Waals surface area (Å²) in [6.07, 6.45) is 2.67. The fourth-order valence-electron chi connectivity index (χ4n) is 2.97. The molecule has 0 saturated heterocycles. The van der Waals surface area contributed by atoms with Crippen LogP contribution in [0.1, 0.15) is 29.4 Å². The van der Waals surface area contributed by atoms with E-state index in [0.717, 1.165) is 43.9 Å². The number of aryl methyl sites for hydroxylation is 1. The van der Waals surface area contributed by atoms with Gasteiger partial charge in [0.2, 0.25) is 0 Å². The molecule has 1 aliphatic rings. The van der Waals surface area contributed by atoms with Gasteiger partial charge in [-0.25, -0.2) is 4.98 Å². The average molecular weight is 287 g/mol. The highest BCUT2D eigenvalue weighted by Crippen LogP contribution is 2.24. The van der Waals surface area contributed by atoms with Crippen LogP contribution < -0.4 is 5.73 Å². The van der Waals surface area contributed by atoms with Crippen molar-refractivity contribution in [3.63, 3.8) is 0 Å². The number of hydrogen-bond donors (Lipinski definition) is 2. The molecule has 6 nitrogen and oxygen atoms in total. The second-order valence-corrected chi connectivity index (χ2v) is 5.35. The molecule has 0 aromatic carbocycles. The maximum Gasteiger partial charge on any atom is 0.127 e. The van der Waals surface area contributed by atoms with E-state index < -0.39 is 0 Å². The zero-order valence-electron chi connectivity index (χ0n) is 12.3. The first-order chi connectivity index (χ1) is 10.2. The molecule has 0 saturated carbocycles. The van der Waals surface area contributed by atoms with Crippen molar-refractivity contribution in [3.8, 4) is 0 Å². The molecule has 0 amide bonds. The first-order valence-corrected chi connectivity index (χ1v) is 7.33. The number of aromatic nitrogens is 3. The summed E-state index contributed by atoms with van der Waals surface area (Å²) in [6.45, 7) is 5.48. The highest BCUT2D eigenvalue weighted by molar-refractivity contribution is 5.38. The molecule has 21 heavy (non-hydrogen) atoms. The maximum atomic E-state index is 9.50. The van der Waals surface area contributed by atoms with Gasteiger partial charge in [0.15, 0.2) is 0 Å². The van der Waals surface area contributed by atoms with E-state index in [-0.39, 0.29) is 6.61 Å². The Hall–Kier alpha value is -1.92. The van der Waals surface area contributed by atoms with Gasteiger partial charge >= 0.3 is 0 Å². The van der Waals surface area contributed by atoms with E-state index >= 15 is 0 Å². The fraction of sp³-hybridized carbons (Fsp3) is 0.467. The lowest BCUT2D eigenvalue weighted by atomic mass is 10.0. The van der Waals surface area contributed by atoms with E-state index in [2.05, 4.69) is 21.9 Å². The Kier molecular flexibility index (Phi) is 3.90. The SMILES string of the molecule is CCn1nc(CO)c2c1CCN(Cc1cccnc1N)C2. The fourth-order valence-corrected chi connectivity index (χ4v) is 2.97. The second kappa shape index (κ2) is 5.83. The summed E-state index contributed by atoms with van der Waals surface area (Å²) in [7, 11) is 0. The Bertz CT molecular complexity index is 637. The van der Waals surface area contributed by atoms with Gasteiger partial charge in [-0.15, -0.1) is 0 Å². The Balaban J connectivity index is 1.81. The number of fused-ring (bicyclic) bond motifs is 1. The van der Waals surface area contributed by atoms with E-state index in [1.807, 2.05) is 16.8 Å².